The van der Waals surface area contributed by atoms with Gasteiger partial charge < -0.3 is 15.0 Å². The summed E-state index contributed by atoms with van der Waals surface area (Å²) in [6.45, 7) is 10.2. The van der Waals surface area contributed by atoms with Gasteiger partial charge in [-0.2, -0.15) is 0 Å². The second-order valence-corrected chi connectivity index (χ2v) is 11.5. The van der Waals surface area contributed by atoms with Crippen molar-refractivity contribution in [1.82, 2.24) is 10.2 Å². The molecule has 1 aromatic rings. The van der Waals surface area contributed by atoms with Crippen LogP contribution in [-0.2, 0) is 16.0 Å². The lowest BCUT2D eigenvalue weighted by Crippen LogP contribution is -2.46. The van der Waals surface area contributed by atoms with Crippen LogP contribution in [0.4, 0.5) is 0 Å². The highest BCUT2D eigenvalue weighted by atomic mass is 16.5. The molecule has 4 aliphatic rings. The van der Waals surface area contributed by atoms with Crippen LogP contribution in [0, 0.1) is 23.2 Å². The third kappa shape index (κ3) is 4.19. The monoisotopic (exact) mass is 466 g/mol. The van der Waals surface area contributed by atoms with Crippen LogP contribution in [0.3, 0.4) is 0 Å². The van der Waals surface area contributed by atoms with Gasteiger partial charge in [-0.15, -0.1) is 0 Å². The van der Waals surface area contributed by atoms with Gasteiger partial charge in [0.2, 0.25) is 5.91 Å². The van der Waals surface area contributed by atoms with Gasteiger partial charge in [0.25, 0.3) is 0 Å². The lowest BCUT2D eigenvalue weighted by atomic mass is 9.54. The largest absolute Gasteiger partial charge is 0.494 e. The van der Waals surface area contributed by atoms with Crippen molar-refractivity contribution < 1.29 is 14.3 Å². The Kier molecular flexibility index (Phi) is 6.76. The molecule has 1 unspecified atom stereocenters. The van der Waals surface area contributed by atoms with Crippen LogP contribution < -0.4 is 10.1 Å². The highest BCUT2D eigenvalue weighted by Gasteiger charge is 2.60. The van der Waals surface area contributed by atoms with Gasteiger partial charge in [0, 0.05) is 36.9 Å². The fourth-order valence-corrected chi connectivity index (χ4v) is 7.87. The van der Waals surface area contributed by atoms with Crippen molar-refractivity contribution in [3.63, 3.8) is 0 Å². The third-order valence-electron chi connectivity index (χ3n) is 9.66. The SMILES string of the molecule is CCNC(=O)[C@H]1CC(=O)[C@@]2(C)CC[C@@H]3c4ccc(OCCCN5CCCC5C)cc4CC[C@H]3[C@H]12. The number of benzene rings is 1. The zero-order valence-corrected chi connectivity index (χ0v) is 21.3. The second kappa shape index (κ2) is 9.64. The van der Waals surface area contributed by atoms with E-state index in [0.29, 0.717) is 30.6 Å². The van der Waals surface area contributed by atoms with Crippen molar-refractivity contribution >= 4 is 11.7 Å². The summed E-state index contributed by atoms with van der Waals surface area (Å²) in [5, 5.41) is 3.01. The maximum absolute atomic E-state index is 13.0. The number of nitrogens with one attached hydrogen (secondary N) is 1. The second-order valence-electron chi connectivity index (χ2n) is 11.5. The number of rotatable bonds is 7. The normalized spacial score (nSPS) is 34.9. The molecular weight excluding hydrogens is 424 g/mol. The van der Waals surface area contributed by atoms with Gasteiger partial charge in [-0.05, 0) is 106 Å². The molecule has 1 amide bonds. The number of aryl methyl sites for hydroxylation is 1. The van der Waals surface area contributed by atoms with E-state index < -0.39 is 0 Å². The summed E-state index contributed by atoms with van der Waals surface area (Å²) in [5.74, 6) is 2.27. The van der Waals surface area contributed by atoms with Gasteiger partial charge in [-0.3, -0.25) is 9.59 Å². The molecular formula is C29H42N2O3. The lowest BCUT2D eigenvalue weighted by molar-refractivity contribution is -0.130. The first-order chi connectivity index (χ1) is 16.4. The molecule has 1 saturated heterocycles. The Bertz CT molecular complexity index is 930. The van der Waals surface area contributed by atoms with E-state index in [-0.39, 0.29) is 23.2 Å². The minimum Gasteiger partial charge on any atom is -0.494 e. The van der Waals surface area contributed by atoms with Gasteiger partial charge in [0.05, 0.1) is 6.61 Å². The van der Waals surface area contributed by atoms with Crippen molar-refractivity contribution in [2.45, 2.75) is 84.1 Å². The predicted molar refractivity (Wildman–Crippen MR) is 134 cm³/mol. The molecule has 0 radical (unpaired) electrons. The standard InChI is InChI=1S/C29H42N2O3/c1-4-30-28(33)25-18-26(32)29(3)13-12-23-22-11-9-21(17-20(22)8-10-24(23)27(25)29)34-16-6-15-31-14-5-7-19(31)2/h9,11,17,19,23-25,27H,4-8,10,12-16,18H2,1-3H3,(H,30,33)/t19?,23-,24-,25+,27-,29-/m1/s1. The molecule has 186 valence electrons. The van der Waals surface area contributed by atoms with E-state index in [4.69, 9.17) is 4.74 Å². The number of carbonyl (C=O) groups excluding carboxylic acids is 2. The third-order valence-corrected chi connectivity index (χ3v) is 9.66. The van der Waals surface area contributed by atoms with Crippen LogP contribution in [0.25, 0.3) is 0 Å². The molecule has 1 N–H and O–H groups in total. The number of ketones is 1. The highest BCUT2D eigenvalue weighted by molar-refractivity contribution is 5.94. The van der Waals surface area contributed by atoms with Crippen molar-refractivity contribution in [3.8, 4) is 5.75 Å². The molecule has 1 aromatic carbocycles. The minimum atomic E-state index is -0.329. The van der Waals surface area contributed by atoms with E-state index in [1.807, 2.05) is 6.92 Å². The molecule has 1 aliphatic heterocycles. The summed E-state index contributed by atoms with van der Waals surface area (Å²) < 4.78 is 6.15. The van der Waals surface area contributed by atoms with Gasteiger partial charge in [-0.1, -0.05) is 13.0 Å². The van der Waals surface area contributed by atoms with Crippen LogP contribution in [0.1, 0.15) is 82.8 Å². The number of likely N-dealkylation sites (tertiary alicyclic amines) is 1. The van der Waals surface area contributed by atoms with Gasteiger partial charge in [0.1, 0.15) is 11.5 Å². The Hall–Kier alpha value is -1.88. The summed E-state index contributed by atoms with van der Waals surface area (Å²) in [6.07, 6.45) is 8.18. The van der Waals surface area contributed by atoms with E-state index in [1.165, 1.54) is 30.5 Å². The van der Waals surface area contributed by atoms with Crippen molar-refractivity contribution in [3.05, 3.63) is 29.3 Å². The van der Waals surface area contributed by atoms with Crippen molar-refractivity contribution in [2.24, 2.45) is 23.2 Å². The molecule has 1 heterocycles. The Labute approximate surface area is 205 Å². The molecule has 3 aliphatic carbocycles. The molecule has 2 saturated carbocycles. The van der Waals surface area contributed by atoms with Crippen LogP contribution in [0.15, 0.2) is 18.2 Å². The quantitative estimate of drug-likeness (QED) is 0.591. The molecule has 0 spiro atoms. The zero-order chi connectivity index (χ0) is 23.9. The van der Waals surface area contributed by atoms with Crippen LogP contribution in [-0.4, -0.2) is 48.9 Å². The number of ether oxygens (including phenoxy) is 1. The van der Waals surface area contributed by atoms with Crippen LogP contribution >= 0.6 is 0 Å². The van der Waals surface area contributed by atoms with E-state index in [1.54, 1.807) is 0 Å². The molecule has 3 fully saturated rings. The Morgan fingerprint density at radius 2 is 2.12 bits per heavy atom. The maximum Gasteiger partial charge on any atom is 0.223 e. The summed E-state index contributed by atoms with van der Waals surface area (Å²) in [4.78, 5) is 28.5. The highest BCUT2D eigenvalue weighted by Crippen LogP contribution is 2.61. The predicted octanol–water partition coefficient (Wildman–Crippen LogP) is 4.73. The fraction of sp³-hybridized carbons (Fsp3) is 0.724. The van der Waals surface area contributed by atoms with Gasteiger partial charge in [0.15, 0.2) is 0 Å². The molecule has 5 heteroatoms. The number of hydrogen-bond donors (Lipinski definition) is 1. The maximum atomic E-state index is 13.0. The van der Waals surface area contributed by atoms with Gasteiger partial charge in [-0.25, -0.2) is 0 Å². The Balaban J connectivity index is 1.26. The fourth-order valence-electron chi connectivity index (χ4n) is 7.87. The first kappa shape index (κ1) is 23.8. The van der Waals surface area contributed by atoms with Crippen LogP contribution in [0.5, 0.6) is 5.75 Å². The van der Waals surface area contributed by atoms with E-state index in [2.05, 4.69) is 42.3 Å². The zero-order valence-electron chi connectivity index (χ0n) is 21.3. The molecule has 5 nitrogen and oxygen atoms in total. The van der Waals surface area contributed by atoms with Gasteiger partial charge >= 0.3 is 0 Å². The first-order valence-electron chi connectivity index (χ1n) is 13.7. The molecule has 6 atom stereocenters. The van der Waals surface area contributed by atoms with Crippen molar-refractivity contribution in [2.75, 3.05) is 26.2 Å². The smallest absolute Gasteiger partial charge is 0.223 e. The lowest BCUT2D eigenvalue weighted by Gasteiger charge is -2.49. The van der Waals surface area contributed by atoms with Crippen LogP contribution in [0.2, 0.25) is 0 Å². The minimum absolute atomic E-state index is 0.0862. The number of carbonyl (C=O) groups is 2. The molecule has 5 rings (SSSR count). The summed E-state index contributed by atoms with van der Waals surface area (Å²) in [7, 11) is 0. The summed E-state index contributed by atoms with van der Waals surface area (Å²) in [5.41, 5.74) is 2.52. The van der Waals surface area contributed by atoms with E-state index >= 15 is 0 Å². The molecule has 34 heavy (non-hydrogen) atoms. The topological polar surface area (TPSA) is 58.6 Å². The van der Waals surface area contributed by atoms with E-state index in [9.17, 15) is 9.59 Å². The average Bonchev–Trinajstić information content (AvgIpc) is 3.36. The Morgan fingerprint density at radius 1 is 1.26 bits per heavy atom. The number of hydrogen-bond acceptors (Lipinski definition) is 4. The summed E-state index contributed by atoms with van der Waals surface area (Å²) >= 11 is 0. The first-order valence-corrected chi connectivity index (χ1v) is 13.7. The van der Waals surface area contributed by atoms with Crippen molar-refractivity contribution in [1.29, 1.82) is 0 Å². The number of fused-ring (bicyclic) bond motifs is 5. The number of nitrogens with zero attached hydrogens (tertiary/aromatic N) is 1. The average molecular weight is 467 g/mol. The Morgan fingerprint density at radius 3 is 2.88 bits per heavy atom. The van der Waals surface area contributed by atoms with E-state index in [0.717, 1.165) is 57.0 Å². The molecule has 0 aromatic heterocycles. The number of amides is 1. The summed E-state index contributed by atoms with van der Waals surface area (Å²) in [6, 6.07) is 7.41. The molecule has 0 bridgehead atoms. The number of Topliss-reactive ketones (excluding diaryl/α,β-unsaturated/α-hetero) is 1.